The molecule has 0 spiro atoms. The molecule has 3 rings (SSSR count). The standard InChI is InChI=1S/C24H27ClN4O5/c1-5-29-24(32)17-9-7-6-8-16(17)20(28-29)23(31)27-26-22(30)15-12-18(25)21(19(13-15)33-4)34-11-10-14(2)3/h6-9,12-14H,5,10-11H2,1-4H3,(H,26,30)(H,27,31). The number of hydrogen-bond donors (Lipinski definition) is 2. The van der Waals surface area contributed by atoms with Crippen molar-refractivity contribution >= 4 is 34.2 Å². The number of benzene rings is 2. The summed E-state index contributed by atoms with van der Waals surface area (Å²) in [5.41, 5.74) is 4.58. The molecule has 9 nitrogen and oxygen atoms in total. The lowest BCUT2D eigenvalue weighted by Gasteiger charge is -2.15. The lowest BCUT2D eigenvalue weighted by atomic mass is 10.1. The Balaban J connectivity index is 1.78. The topological polar surface area (TPSA) is 112 Å². The molecule has 0 unspecified atom stereocenters. The molecule has 0 aliphatic carbocycles. The van der Waals surface area contributed by atoms with Gasteiger partial charge in [0.05, 0.1) is 24.1 Å². The zero-order valence-corrected chi connectivity index (χ0v) is 20.2. The summed E-state index contributed by atoms with van der Waals surface area (Å²) in [5.74, 6) is -0.172. The first-order valence-electron chi connectivity index (χ1n) is 10.9. The van der Waals surface area contributed by atoms with Gasteiger partial charge in [-0.15, -0.1) is 0 Å². The highest BCUT2D eigenvalue weighted by Gasteiger charge is 2.19. The van der Waals surface area contributed by atoms with Gasteiger partial charge in [0.25, 0.3) is 17.4 Å². The van der Waals surface area contributed by atoms with Crippen LogP contribution >= 0.6 is 11.6 Å². The molecule has 10 heteroatoms. The molecule has 0 fully saturated rings. The summed E-state index contributed by atoms with van der Waals surface area (Å²) in [5, 5.41) is 5.10. The first kappa shape index (κ1) is 25.0. The first-order valence-corrected chi connectivity index (χ1v) is 11.3. The molecule has 2 N–H and O–H groups in total. The third-order valence-electron chi connectivity index (χ3n) is 5.11. The van der Waals surface area contributed by atoms with Crippen LogP contribution in [0.25, 0.3) is 10.8 Å². The van der Waals surface area contributed by atoms with Crippen LogP contribution in [0.2, 0.25) is 5.02 Å². The molecular formula is C24H27ClN4O5. The fourth-order valence-electron chi connectivity index (χ4n) is 3.25. The van der Waals surface area contributed by atoms with E-state index in [1.807, 2.05) is 0 Å². The third-order valence-corrected chi connectivity index (χ3v) is 5.39. The lowest BCUT2D eigenvalue weighted by Crippen LogP contribution is -2.42. The van der Waals surface area contributed by atoms with Gasteiger partial charge in [0.15, 0.2) is 17.2 Å². The minimum absolute atomic E-state index is 0.0156. The molecule has 1 aromatic heterocycles. The van der Waals surface area contributed by atoms with Crippen molar-refractivity contribution < 1.29 is 19.1 Å². The Morgan fingerprint density at radius 3 is 2.44 bits per heavy atom. The Hall–Kier alpha value is -3.59. The molecule has 3 aromatic rings. The predicted molar refractivity (Wildman–Crippen MR) is 130 cm³/mol. The average molecular weight is 487 g/mol. The second kappa shape index (κ2) is 11.0. The first-order chi connectivity index (χ1) is 16.3. The molecule has 0 saturated carbocycles. The highest BCUT2D eigenvalue weighted by Crippen LogP contribution is 2.36. The molecule has 1 heterocycles. The normalized spacial score (nSPS) is 10.9. The number of hydrazine groups is 1. The van der Waals surface area contributed by atoms with Gasteiger partial charge in [-0.25, -0.2) is 4.68 Å². The number of aryl methyl sites for hydroxylation is 1. The van der Waals surface area contributed by atoms with Crippen LogP contribution in [0.5, 0.6) is 11.5 Å². The van der Waals surface area contributed by atoms with E-state index in [1.165, 1.54) is 23.9 Å². The summed E-state index contributed by atoms with van der Waals surface area (Å²) in [4.78, 5) is 38.0. The molecule has 0 bridgehead atoms. The van der Waals surface area contributed by atoms with Gasteiger partial charge >= 0.3 is 0 Å². The van der Waals surface area contributed by atoms with Gasteiger partial charge < -0.3 is 9.47 Å². The van der Waals surface area contributed by atoms with E-state index in [2.05, 4.69) is 29.8 Å². The number of nitrogens with one attached hydrogen (secondary N) is 2. The van der Waals surface area contributed by atoms with Gasteiger partial charge in [0.1, 0.15) is 0 Å². The van der Waals surface area contributed by atoms with E-state index in [4.69, 9.17) is 21.1 Å². The van der Waals surface area contributed by atoms with E-state index >= 15 is 0 Å². The van der Waals surface area contributed by atoms with Crippen molar-refractivity contribution in [3.8, 4) is 11.5 Å². The number of hydrogen-bond acceptors (Lipinski definition) is 6. The Bertz CT molecular complexity index is 1270. The van der Waals surface area contributed by atoms with Crippen molar-refractivity contribution in [3.63, 3.8) is 0 Å². The number of carbonyl (C=O) groups excluding carboxylic acids is 2. The number of halogens is 1. The van der Waals surface area contributed by atoms with Crippen LogP contribution in [0.3, 0.4) is 0 Å². The van der Waals surface area contributed by atoms with Gasteiger partial charge in [0.2, 0.25) is 0 Å². The SMILES string of the molecule is CCn1nc(C(=O)NNC(=O)c2cc(Cl)c(OCCC(C)C)c(OC)c2)c2ccccc2c1=O. The number of aromatic nitrogens is 2. The minimum atomic E-state index is -0.668. The average Bonchev–Trinajstić information content (AvgIpc) is 2.83. The smallest absolute Gasteiger partial charge is 0.290 e. The van der Waals surface area contributed by atoms with Gasteiger partial charge in [-0.05, 0) is 37.5 Å². The molecule has 34 heavy (non-hydrogen) atoms. The molecule has 0 aliphatic rings. The number of carbonyl (C=O) groups is 2. The second-order valence-corrected chi connectivity index (χ2v) is 8.35. The van der Waals surface area contributed by atoms with E-state index in [1.54, 1.807) is 31.2 Å². The summed E-state index contributed by atoms with van der Waals surface area (Å²) >= 11 is 6.33. The van der Waals surface area contributed by atoms with Crippen molar-refractivity contribution in [1.29, 1.82) is 0 Å². The number of nitrogens with zero attached hydrogens (tertiary/aromatic N) is 2. The molecule has 0 atom stereocenters. The Labute approximate surface area is 202 Å². The molecule has 2 aromatic carbocycles. The Kier molecular flexibility index (Phi) is 8.12. The van der Waals surface area contributed by atoms with Crippen LogP contribution in [0.4, 0.5) is 0 Å². The molecular weight excluding hydrogens is 460 g/mol. The maximum Gasteiger partial charge on any atom is 0.290 e. The van der Waals surface area contributed by atoms with Gasteiger partial charge in [-0.3, -0.25) is 25.2 Å². The van der Waals surface area contributed by atoms with Crippen LogP contribution in [0, 0.1) is 5.92 Å². The van der Waals surface area contributed by atoms with Crippen LogP contribution < -0.4 is 25.9 Å². The fourth-order valence-corrected chi connectivity index (χ4v) is 3.52. The van der Waals surface area contributed by atoms with Crippen molar-refractivity contribution in [1.82, 2.24) is 20.6 Å². The van der Waals surface area contributed by atoms with Gasteiger partial charge in [-0.1, -0.05) is 43.6 Å². The minimum Gasteiger partial charge on any atom is -0.493 e. The van der Waals surface area contributed by atoms with Crippen LogP contribution in [0.15, 0.2) is 41.2 Å². The van der Waals surface area contributed by atoms with Crippen molar-refractivity contribution in [2.75, 3.05) is 13.7 Å². The van der Waals surface area contributed by atoms with Crippen LogP contribution in [-0.4, -0.2) is 35.3 Å². The van der Waals surface area contributed by atoms with Gasteiger partial charge in [-0.2, -0.15) is 5.10 Å². The number of ether oxygens (including phenoxy) is 2. The monoisotopic (exact) mass is 486 g/mol. The van der Waals surface area contributed by atoms with E-state index in [0.717, 1.165) is 6.42 Å². The lowest BCUT2D eigenvalue weighted by molar-refractivity contribution is 0.0843. The van der Waals surface area contributed by atoms with Crippen molar-refractivity contribution in [2.45, 2.75) is 33.7 Å². The zero-order valence-electron chi connectivity index (χ0n) is 19.5. The van der Waals surface area contributed by atoms with E-state index < -0.39 is 11.8 Å². The molecule has 0 saturated heterocycles. The number of rotatable bonds is 8. The summed E-state index contributed by atoms with van der Waals surface area (Å²) < 4.78 is 12.3. The van der Waals surface area contributed by atoms with Crippen LogP contribution in [-0.2, 0) is 6.54 Å². The summed E-state index contributed by atoms with van der Waals surface area (Å²) in [6.45, 7) is 6.66. The van der Waals surface area contributed by atoms with E-state index in [-0.39, 0.29) is 21.8 Å². The van der Waals surface area contributed by atoms with Gasteiger partial charge in [0, 0.05) is 17.5 Å². The zero-order chi connectivity index (χ0) is 24.8. The molecule has 2 amide bonds. The van der Waals surface area contributed by atoms with Crippen molar-refractivity contribution in [2.24, 2.45) is 5.92 Å². The summed E-state index contributed by atoms with van der Waals surface area (Å²) in [6, 6.07) is 9.57. The largest absolute Gasteiger partial charge is 0.493 e. The third kappa shape index (κ3) is 5.48. The number of amides is 2. The highest BCUT2D eigenvalue weighted by atomic mass is 35.5. The van der Waals surface area contributed by atoms with E-state index in [9.17, 15) is 14.4 Å². The van der Waals surface area contributed by atoms with E-state index in [0.29, 0.717) is 41.3 Å². The quantitative estimate of drug-likeness (QED) is 0.471. The van der Waals surface area contributed by atoms with Crippen LogP contribution in [0.1, 0.15) is 48.0 Å². The number of fused-ring (bicyclic) bond motifs is 1. The molecule has 180 valence electrons. The highest BCUT2D eigenvalue weighted by molar-refractivity contribution is 6.32. The molecule has 0 aliphatic heterocycles. The summed E-state index contributed by atoms with van der Waals surface area (Å²) in [7, 11) is 1.45. The Morgan fingerprint density at radius 1 is 1.12 bits per heavy atom. The maximum absolute atomic E-state index is 12.8. The fraction of sp³-hybridized carbons (Fsp3) is 0.333. The maximum atomic E-state index is 12.8. The summed E-state index contributed by atoms with van der Waals surface area (Å²) in [6.07, 6.45) is 0.835. The van der Waals surface area contributed by atoms with Crippen molar-refractivity contribution in [3.05, 3.63) is 63.0 Å². The second-order valence-electron chi connectivity index (χ2n) is 7.94. The predicted octanol–water partition coefficient (Wildman–Crippen LogP) is 3.58. The molecule has 0 radical (unpaired) electrons. The number of methoxy groups -OCH3 is 1. The Morgan fingerprint density at radius 2 is 1.79 bits per heavy atom.